The summed E-state index contributed by atoms with van der Waals surface area (Å²) in [4.78, 5) is 7.41. The van der Waals surface area contributed by atoms with Crippen molar-refractivity contribution in [3.05, 3.63) is 125 Å². The van der Waals surface area contributed by atoms with Crippen molar-refractivity contribution in [2.45, 2.75) is 37.5 Å². The third-order valence-corrected chi connectivity index (χ3v) is 8.55. The Morgan fingerprint density at radius 1 is 0.919 bits per heavy atom. The Hall–Kier alpha value is -4.12. The highest BCUT2D eigenvalue weighted by Gasteiger charge is 2.47. The van der Waals surface area contributed by atoms with Crippen molar-refractivity contribution in [1.82, 2.24) is 15.2 Å². The molecule has 5 nitrogen and oxygen atoms in total. The molecule has 5 atom stereocenters. The Bertz CT molecular complexity index is 1510. The molecule has 6 aliphatic rings. The van der Waals surface area contributed by atoms with E-state index in [1.54, 1.807) is 0 Å². The van der Waals surface area contributed by atoms with Crippen LogP contribution in [0.15, 0.2) is 125 Å². The van der Waals surface area contributed by atoms with E-state index in [4.69, 9.17) is 14.8 Å². The zero-order valence-electron chi connectivity index (χ0n) is 20.5. The molecule has 2 aliphatic heterocycles. The Morgan fingerprint density at radius 3 is 2.68 bits per heavy atom. The van der Waals surface area contributed by atoms with Gasteiger partial charge in [-0.25, -0.2) is 0 Å². The Morgan fingerprint density at radius 2 is 1.76 bits per heavy atom. The molecule has 5 unspecified atom stereocenters. The summed E-state index contributed by atoms with van der Waals surface area (Å²) in [6.45, 7) is 0. The van der Waals surface area contributed by atoms with Crippen LogP contribution >= 0.6 is 0 Å². The summed E-state index contributed by atoms with van der Waals surface area (Å²) in [6.07, 6.45) is 28.0. The molecule has 0 spiro atoms. The molecule has 4 aliphatic carbocycles. The lowest BCUT2D eigenvalue weighted by Gasteiger charge is -2.31. The number of hydrogen-bond acceptors (Lipinski definition) is 4. The van der Waals surface area contributed by atoms with E-state index in [9.17, 15) is 0 Å². The van der Waals surface area contributed by atoms with E-state index in [1.165, 1.54) is 22.3 Å². The monoisotopic (exact) mass is 484 g/mol. The standard InChI is InChI=1S/C32H28N4O/c1-2-9-20(10-3-1)31-33-32(35-34-31)36-27-15-6-4-11-23(27)24-18-17-21(19-28(24)36)22-13-8-14-26-25-12-5-7-16-29(25)37-30(22)26/h1-7,9-12,14-18,23,25,27-29H,8,13,19H2,(H,33,34,35). The second-order valence-corrected chi connectivity index (χ2v) is 10.5. The smallest absolute Gasteiger partial charge is 0.246 e. The molecule has 182 valence electrons. The molecule has 5 heteroatoms. The molecule has 1 N–H and O–H groups in total. The molecule has 0 saturated carbocycles. The van der Waals surface area contributed by atoms with E-state index in [1.807, 2.05) is 18.2 Å². The van der Waals surface area contributed by atoms with Gasteiger partial charge in [0.25, 0.3) is 0 Å². The molecule has 2 aromatic rings. The van der Waals surface area contributed by atoms with Crippen molar-refractivity contribution in [2.75, 3.05) is 4.90 Å². The summed E-state index contributed by atoms with van der Waals surface area (Å²) in [5.41, 5.74) is 6.63. The van der Waals surface area contributed by atoms with Gasteiger partial charge in [0.1, 0.15) is 11.9 Å². The van der Waals surface area contributed by atoms with Crippen LogP contribution < -0.4 is 4.90 Å². The zero-order chi connectivity index (χ0) is 24.3. The van der Waals surface area contributed by atoms with Gasteiger partial charge in [0, 0.05) is 23.0 Å². The largest absolute Gasteiger partial charge is 0.485 e. The first-order valence-electron chi connectivity index (χ1n) is 13.3. The molecule has 1 aromatic carbocycles. The van der Waals surface area contributed by atoms with E-state index < -0.39 is 0 Å². The van der Waals surface area contributed by atoms with E-state index in [0.29, 0.717) is 11.8 Å². The van der Waals surface area contributed by atoms with Gasteiger partial charge in [0.05, 0.1) is 12.1 Å². The van der Waals surface area contributed by atoms with Crippen molar-refractivity contribution in [3.8, 4) is 11.4 Å². The fourth-order valence-corrected chi connectivity index (χ4v) is 6.86. The van der Waals surface area contributed by atoms with E-state index in [2.05, 4.69) is 89.0 Å². The molecular weight excluding hydrogens is 456 g/mol. The van der Waals surface area contributed by atoms with Crippen molar-refractivity contribution in [1.29, 1.82) is 0 Å². The van der Waals surface area contributed by atoms with E-state index in [-0.39, 0.29) is 18.2 Å². The molecule has 2 saturated heterocycles. The average molecular weight is 485 g/mol. The number of nitrogens with zero attached hydrogens (tertiary/aromatic N) is 3. The number of allylic oxidation sites excluding steroid dienone is 9. The Labute approximate surface area is 216 Å². The maximum Gasteiger partial charge on any atom is 0.246 e. The average Bonchev–Trinajstić information content (AvgIpc) is 3.67. The fourth-order valence-electron chi connectivity index (χ4n) is 6.86. The minimum Gasteiger partial charge on any atom is -0.485 e. The first-order chi connectivity index (χ1) is 18.3. The number of ether oxygens (including phenoxy) is 1. The van der Waals surface area contributed by atoms with E-state index in [0.717, 1.165) is 42.4 Å². The van der Waals surface area contributed by atoms with Crippen molar-refractivity contribution >= 4 is 5.95 Å². The van der Waals surface area contributed by atoms with Crippen LogP contribution in [0.1, 0.15) is 19.3 Å². The molecule has 0 amide bonds. The SMILES string of the molecule is C1=CC2OC3=C(C4=CC=C5C6C=CC=CC6N(c6n[nH]c(-c7ccccc7)n6)C5C4)CCC=C3C2C=C1. The highest BCUT2D eigenvalue weighted by molar-refractivity contribution is 5.61. The van der Waals surface area contributed by atoms with Crippen LogP contribution in [0.25, 0.3) is 11.4 Å². The molecule has 37 heavy (non-hydrogen) atoms. The fraction of sp³-hybridized carbons (Fsp3) is 0.250. The van der Waals surface area contributed by atoms with Gasteiger partial charge in [-0.15, -0.1) is 5.10 Å². The van der Waals surface area contributed by atoms with Crippen LogP contribution in [0.5, 0.6) is 0 Å². The maximum atomic E-state index is 6.55. The summed E-state index contributed by atoms with van der Waals surface area (Å²) in [5.74, 6) is 3.38. The third-order valence-electron chi connectivity index (χ3n) is 8.55. The predicted octanol–water partition coefficient (Wildman–Crippen LogP) is 6.14. The molecule has 0 bridgehead atoms. The zero-order valence-corrected chi connectivity index (χ0v) is 20.5. The topological polar surface area (TPSA) is 54.0 Å². The second-order valence-electron chi connectivity index (χ2n) is 10.5. The first kappa shape index (κ1) is 21.0. The summed E-state index contributed by atoms with van der Waals surface area (Å²) in [6, 6.07) is 10.7. The maximum absolute atomic E-state index is 6.55. The van der Waals surface area contributed by atoms with Gasteiger partial charge >= 0.3 is 0 Å². The Kier molecular flexibility index (Phi) is 4.66. The van der Waals surface area contributed by atoms with Crippen molar-refractivity contribution < 1.29 is 4.74 Å². The number of fused-ring (bicyclic) bond motifs is 6. The van der Waals surface area contributed by atoms with Crippen LogP contribution in [-0.2, 0) is 4.74 Å². The number of nitrogens with one attached hydrogen (secondary N) is 1. The quantitative estimate of drug-likeness (QED) is 0.568. The van der Waals surface area contributed by atoms with Crippen LogP contribution in [0.3, 0.4) is 0 Å². The summed E-state index contributed by atoms with van der Waals surface area (Å²) < 4.78 is 6.55. The van der Waals surface area contributed by atoms with Gasteiger partial charge < -0.3 is 9.64 Å². The molecule has 1 aromatic heterocycles. The van der Waals surface area contributed by atoms with Crippen LogP contribution in [0, 0.1) is 11.8 Å². The third kappa shape index (κ3) is 3.23. The summed E-state index contributed by atoms with van der Waals surface area (Å²) >= 11 is 0. The van der Waals surface area contributed by atoms with Gasteiger partial charge in [-0.2, -0.15) is 4.98 Å². The van der Waals surface area contributed by atoms with Gasteiger partial charge in [-0.3, -0.25) is 5.10 Å². The predicted molar refractivity (Wildman–Crippen MR) is 145 cm³/mol. The first-order valence-corrected chi connectivity index (χ1v) is 13.3. The van der Waals surface area contributed by atoms with Crippen molar-refractivity contribution in [2.24, 2.45) is 11.8 Å². The summed E-state index contributed by atoms with van der Waals surface area (Å²) in [5, 5.41) is 7.92. The molecule has 3 heterocycles. The van der Waals surface area contributed by atoms with Crippen LogP contribution in [-0.4, -0.2) is 33.4 Å². The van der Waals surface area contributed by atoms with Gasteiger partial charge in [-0.1, -0.05) is 91.1 Å². The molecule has 0 radical (unpaired) electrons. The lowest BCUT2D eigenvalue weighted by Crippen LogP contribution is -2.38. The van der Waals surface area contributed by atoms with Gasteiger partial charge in [0.2, 0.25) is 5.95 Å². The van der Waals surface area contributed by atoms with Crippen molar-refractivity contribution in [3.63, 3.8) is 0 Å². The minimum absolute atomic E-state index is 0.125. The highest BCUT2D eigenvalue weighted by Crippen LogP contribution is 2.49. The number of anilines is 1. The highest BCUT2D eigenvalue weighted by atomic mass is 16.5. The lowest BCUT2D eigenvalue weighted by atomic mass is 9.80. The van der Waals surface area contributed by atoms with Crippen LogP contribution in [0.2, 0.25) is 0 Å². The Balaban J connectivity index is 1.17. The van der Waals surface area contributed by atoms with Crippen LogP contribution in [0.4, 0.5) is 5.95 Å². The van der Waals surface area contributed by atoms with Gasteiger partial charge in [0.15, 0.2) is 5.82 Å². The number of rotatable bonds is 3. The number of H-pyrrole nitrogens is 1. The molecule has 2 fully saturated rings. The van der Waals surface area contributed by atoms with Gasteiger partial charge in [-0.05, 0) is 42.1 Å². The second kappa shape index (κ2) is 8.20. The molecular formula is C32H28N4O. The van der Waals surface area contributed by atoms with E-state index >= 15 is 0 Å². The molecule has 8 rings (SSSR count). The minimum atomic E-state index is 0.125. The number of hydrogen-bond donors (Lipinski definition) is 1. The number of benzene rings is 1. The normalized spacial score (nSPS) is 30.8. The number of aromatic amines is 1. The number of aromatic nitrogens is 3. The summed E-state index contributed by atoms with van der Waals surface area (Å²) in [7, 11) is 0. The lowest BCUT2D eigenvalue weighted by molar-refractivity contribution is 0.182.